The third kappa shape index (κ3) is 3.36. The molecule has 44 heavy (non-hydrogen) atoms. The zero-order valence-electron chi connectivity index (χ0n) is 23.5. The first-order chi connectivity index (χ1) is 21.8. The van der Waals surface area contributed by atoms with Gasteiger partial charge in [-0.25, -0.2) is 4.99 Å². The molecule has 5 heteroatoms. The van der Waals surface area contributed by atoms with E-state index in [-0.39, 0.29) is 12.3 Å². The molecule has 0 N–H and O–H groups in total. The lowest BCUT2D eigenvalue weighted by atomic mass is 9.93. The summed E-state index contributed by atoms with van der Waals surface area (Å²) in [6, 6.07) is 42.9. The van der Waals surface area contributed by atoms with Crippen LogP contribution in [-0.4, -0.2) is 12.1 Å². The van der Waals surface area contributed by atoms with Crippen LogP contribution in [0, 0.1) is 0 Å². The highest BCUT2D eigenvalue weighted by atomic mass is 32.1. The summed E-state index contributed by atoms with van der Waals surface area (Å²) in [4.78, 5) is 7.54. The van der Waals surface area contributed by atoms with Crippen molar-refractivity contribution in [3.8, 4) is 11.1 Å². The topological polar surface area (TPSA) is 38.0 Å². The van der Waals surface area contributed by atoms with Gasteiger partial charge in [-0.3, -0.25) is 0 Å². The summed E-state index contributed by atoms with van der Waals surface area (Å²) in [5.74, 6) is 0.693. The number of benzene rings is 6. The Hall–Kier alpha value is -5.39. The summed E-state index contributed by atoms with van der Waals surface area (Å²) in [5, 5.41) is 9.40. The molecule has 10 rings (SSSR count). The molecule has 0 radical (unpaired) electrons. The summed E-state index contributed by atoms with van der Waals surface area (Å²) < 4.78 is 13.9. The predicted octanol–water partition coefficient (Wildman–Crippen LogP) is 10.6. The number of nitrogens with zero attached hydrogens (tertiary/aromatic N) is 2. The second kappa shape index (κ2) is 9.06. The van der Waals surface area contributed by atoms with Crippen LogP contribution < -0.4 is 4.90 Å². The van der Waals surface area contributed by atoms with E-state index in [1.807, 2.05) is 18.2 Å². The number of ether oxygens (including phenoxy) is 1. The van der Waals surface area contributed by atoms with Gasteiger partial charge in [-0.05, 0) is 93.3 Å². The quantitative estimate of drug-likeness (QED) is 0.207. The summed E-state index contributed by atoms with van der Waals surface area (Å²) in [7, 11) is 0. The van der Waals surface area contributed by atoms with Crippen molar-refractivity contribution in [2.75, 3.05) is 4.90 Å². The lowest BCUT2D eigenvalue weighted by Gasteiger charge is -2.26. The van der Waals surface area contributed by atoms with Gasteiger partial charge >= 0.3 is 0 Å². The molecule has 2 aliphatic heterocycles. The van der Waals surface area contributed by atoms with Gasteiger partial charge in [-0.1, -0.05) is 60.7 Å². The van der Waals surface area contributed by atoms with Gasteiger partial charge in [0, 0.05) is 37.7 Å². The number of anilines is 2. The summed E-state index contributed by atoms with van der Waals surface area (Å²) in [5.41, 5.74) is 7.77. The SMILES string of the molecule is c1ccc(C2=NC3c4c(ccc5ccc(-c6ccc7c(c6)c6ccsc6c6ccoc76)cc45)N(c4ccccc4)C3O2)cc1. The number of aliphatic imine (C=N–C) groups is 1. The van der Waals surface area contributed by atoms with E-state index < -0.39 is 0 Å². The molecule has 0 saturated heterocycles. The van der Waals surface area contributed by atoms with Gasteiger partial charge in [-0.15, -0.1) is 11.3 Å². The highest BCUT2D eigenvalue weighted by Crippen LogP contribution is 2.52. The van der Waals surface area contributed by atoms with Crippen LogP contribution in [0.2, 0.25) is 0 Å². The van der Waals surface area contributed by atoms with Crippen molar-refractivity contribution in [2.24, 2.45) is 4.99 Å². The zero-order valence-corrected chi connectivity index (χ0v) is 24.3. The minimum Gasteiger partial charge on any atom is -0.464 e. The minimum absolute atomic E-state index is 0.145. The Morgan fingerprint density at radius 1 is 0.636 bits per heavy atom. The average molecular weight is 585 g/mol. The summed E-state index contributed by atoms with van der Waals surface area (Å²) in [6.07, 6.45) is 1.55. The first-order valence-corrected chi connectivity index (χ1v) is 15.7. The first kappa shape index (κ1) is 24.1. The number of fused-ring (bicyclic) bond motifs is 11. The van der Waals surface area contributed by atoms with Crippen molar-refractivity contribution >= 4 is 71.2 Å². The number of rotatable bonds is 3. The van der Waals surface area contributed by atoms with Crippen LogP contribution in [-0.2, 0) is 4.74 Å². The van der Waals surface area contributed by atoms with E-state index in [1.54, 1.807) is 17.6 Å². The fourth-order valence-corrected chi connectivity index (χ4v) is 8.07. The summed E-state index contributed by atoms with van der Waals surface area (Å²) in [6.45, 7) is 0. The molecular formula is C39H24N2O2S. The Kier molecular flexibility index (Phi) is 4.96. The van der Waals surface area contributed by atoms with Gasteiger partial charge in [0.05, 0.1) is 12.0 Å². The molecule has 208 valence electrons. The predicted molar refractivity (Wildman–Crippen MR) is 181 cm³/mol. The van der Waals surface area contributed by atoms with Crippen LogP contribution >= 0.6 is 11.3 Å². The van der Waals surface area contributed by atoms with E-state index in [0.29, 0.717) is 5.90 Å². The molecule has 2 atom stereocenters. The Balaban J connectivity index is 1.18. The van der Waals surface area contributed by atoms with Gasteiger partial charge in [-0.2, -0.15) is 0 Å². The maximum atomic E-state index is 6.66. The van der Waals surface area contributed by atoms with E-state index in [4.69, 9.17) is 14.1 Å². The molecule has 0 bridgehead atoms. The number of hydrogen-bond donors (Lipinski definition) is 0. The van der Waals surface area contributed by atoms with Crippen LogP contribution in [0.3, 0.4) is 0 Å². The minimum atomic E-state index is -0.250. The molecule has 2 aromatic heterocycles. The monoisotopic (exact) mass is 584 g/mol. The number of hydrogen-bond acceptors (Lipinski definition) is 5. The van der Waals surface area contributed by atoms with Crippen molar-refractivity contribution in [3.63, 3.8) is 0 Å². The van der Waals surface area contributed by atoms with Gasteiger partial charge in [0.15, 0.2) is 0 Å². The van der Waals surface area contributed by atoms with Gasteiger partial charge < -0.3 is 14.1 Å². The maximum absolute atomic E-state index is 6.66. The van der Waals surface area contributed by atoms with E-state index in [9.17, 15) is 0 Å². The average Bonchev–Trinajstić information content (AvgIpc) is 3.88. The van der Waals surface area contributed by atoms with Crippen molar-refractivity contribution < 1.29 is 9.15 Å². The number of furan rings is 1. The third-order valence-corrected chi connectivity index (χ3v) is 10.1. The Morgan fingerprint density at radius 2 is 1.41 bits per heavy atom. The Labute approximate surface area is 257 Å². The Bertz CT molecular complexity index is 2440. The van der Waals surface area contributed by atoms with Gasteiger partial charge in [0.2, 0.25) is 12.1 Å². The van der Waals surface area contributed by atoms with Crippen LogP contribution in [0.4, 0.5) is 11.4 Å². The fourth-order valence-electron chi connectivity index (χ4n) is 7.14. The molecule has 6 aromatic carbocycles. The fraction of sp³-hybridized carbons (Fsp3) is 0.0513. The van der Waals surface area contributed by atoms with Crippen molar-refractivity contribution in [1.29, 1.82) is 0 Å². The van der Waals surface area contributed by atoms with E-state index >= 15 is 0 Å². The second-order valence-electron chi connectivity index (χ2n) is 11.5. The van der Waals surface area contributed by atoms with Crippen LogP contribution in [0.5, 0.6) is 0 Å². The van der Waals surface area contributed by atoms with E-state index in [2.05, 4.69) is 113 Å². The van der Waals surface area contributed by atoms with Crippen molar-refractivity contribution in [2.45, 2.75) is 12.3 Å². The molecule has 0 saturated carbocycles. The molecule has 2 aliphatic rings. The smallest absolute Gasteiger partial charge is 0.218 e. The highest BCUT2D eigenvalue weighted by Gasteiger charge is 2.46. The molecule has 0 fully saturated rings. The maximum Gasteiger partial charge on any atom is 0.218 e. The van der Waals surface area contributed by atoms with Crippen molar-refractivity contribution in [3.05, 3.63) is 144 Å². The first-order valence-electron chi connectivity index (χ1n) is 14.8. The molecule has 0 amide bonds. The molecule has 0 aliphatic carbocycles. The molecule has 8 aromatic rings. The van der Waals surface area contributed by atoms with Gasteiger partial charge in [0.1, 0.15) is 11.6 Å². The van der Waals surface area contributed by atoms with Crippen molar-refractivity contribution in [1.82, 2.24) is 0 Å². The second-order valence-corrected chi connectivity index (χ2v) is 12.4. The molecule has 4 heterocycles. The molecule has 0 spiro atoms. The number of thiophene rings is 1. The van der Waals surface area contributed by atoms with E-state index in [0.717, 1.165) is 27.9 Å². The molecular weight excluding hydrogens is 561 g/mol. The zero-order chi connectivity index (χ0) is 28.8. The lowest BCUT2D eigenvalue weighted by Crippen LogP contribution is -2.30. The van der Waals surface area contributed by atoms with Crippen LogP contribution in [0.1, 0.15) is 17.2 Å². The van der Waals surface area contributed by atoms with Crippen LogP contribution in [0.25, 0.3) is 53.7 Å². The molecule has 4 nitrogen and oxygen atoms in total. The normalized spacial score (nSPS) is 17.4. The largest absolute Gasteiger partial charge is 0.464 e. The van der Waals surface area contributed by atoms with E-state index in [1.165, 1.54) is 48.3 Å². The van der Waals surface area contributed by atoms with Gasteiger partial charge in [0.25, 0.3) is 0 Å². The standard InChI is InChI=1S/C39H24N2O2S/c1-3-7-24(8-4-1)38-40-35-34-31-21-25(12-11-23(31)14-16-33(34)41(39(35)43-38)27-9-5-2-6-10-27)26-13-15-28-32(22-26)29-18-20-44-37(29)30-17-19-42-36(28)30/h1-22,35,39H. The number of para-hydroxylation sites is 1. The highest BCUT2D eigenvalue weighted by molar-refractivity contribution is 7.18. The lowest BCUT2D eigenvalue weighted by molar-refractivity contribution is 0.210. The molecule has 2 unspecified atom stereocenters. The third-order valence-electron chi connectivity index (χ3n) is 9.13. The summed E-state index contributed by atoms with van der Waals surface area (Å²) >= 11 is 1.77. The van der Waals surface area contributed by atoms with Crippen LogP contribution in [0.15, 0.2) is 142 Å². The Morgan fingerprint density at radius 3 is 2.27 bits per heavy atom.